The summed E-state index contributed by atoms with van der Waals surface area (Å²) < 4.78 is 21.7. The summed E-state index contributed by atoms with van der Waals surface area (Å²) >= 11 is 0. The Morgan fingerprint density at radius 3 is 2.28 bits per heavy atom. The van der Waals surface area contributed by atoms with Gasteiger partial charge in [-0.2, -0.15) is 0 Å². The van der Waals surface area contributed by atoms with Crippen LogP contribution in [0.5, 0.6) is 23.0 Å². The summed E-state index contributed by atoms with van der Waals surface area (Å²) in [6.45, 7) is 2.98. The van der Waals surface area contributed by atoms with Gasteiger partial charge < -0.3 is 29.2 Å². The molecule has 0 spiro atoms. The van der Waals surface area contributed by atoms with Crippen molar-refractivity contribution in [2.75, 3.05) is 51.2 Å². The van der Waals surface area contributed by atoms with E-state index in [1.165, 1.54) is 26.2 Å². The smallest absolute Gasteiger partial charge is 0.268 e. The minimum atomic E-state index is -0.716. The second kappa shape index (κ2) is 10.8. The van der Waals surface area contributed by atoms with Crippen molar-refractivity contribution >= 4 is 29.1 Å². The molecule has 2 aromatic carbocycles. The lowest BCUT2D eigenvalue weighted by Gasteiger charge is -2.35. The van der Waals surface area contributed by atoms with Gasteiger partial charge in [0, 0.05) is 24.3 Å². The van der Waals surface area contributed by atoms with Gasteiger partial charge in [-0.05, 0) is 56.5 Å². The van der Waals surface area contributed by atoms with Gasteiger partial charge in [0.25, 0.3) is 11.8 Å². The number of amides is 3. The van der Waals surface area contributed by atoms with E-state index in [-0.39, 0.29) is 18.4 Å². The van der Waals surface area contributed by atoms with Crippen molar-refractivity contribution in [3.8, 4) is 23.0 Å². The number of methoxy groups -OCH3 is 3. The second-order valence-electron chi connectivity index (χ2n) is 8.68. The largest absolute Gasteiger partial charge is 0.493 e. The van der Waals surface area contributed by atoms with E-state index in [0.29, 0.717) is 53.0 Å². The topological polar surface area (TPSA) is 107 Å². The number of hydrogen-bond acceptors (Lipinski definition) is 7. The first-order valence-corrected chi connectivity index (χ1v) is 11.9. The van der Waals surface area contributed by atoms with Gasteiger partial charge in [-0.25, -0.2) is 0 Å². The van der Waals surface area contributed by atoms with Crippen LogP contribution in [0.1, 0.15) is 36.5 Å². The van der Waals surface area contributed by atoms with Crippen molar-refractivity contribution in [3.63, 3.8) is 0 Å². The zero-order valence-electron chi connectivity index (χ0n) is 21.0. The maximum absolute atomic E-state index is 13.1. The van der Waals surface area contributed by atoms with Gasteiger partial charge >= 0.3 is 0 Å². The van der Waals surface area contributed by atoms with E-state index in [0.717, 1.165) is 19.3 Å². The van der Waals surface area contributed by atoms with Gasteiger partial charge in [-0.3, -0.25) is 19.3 Å². The molecule has 192 valence electrons. The summed E-state index contributed by atoms with van der Waals surface area (Å²) in [7, 11) is 4.43. The summed E-state index contributed by atoms with van der Waals surface area (Å²) in [6.07, 6.45) is 2.32. The molecule has 36 heavy (non-hydrogen) atoms. The van der Waals surface area contributed by atoms with Crippen LogP contribution in [0.3, 0.4) is 0 Å². The van der Waals surface area contributed by atoms with E-state index in [1.54, 1.807) is 42.2 Å². The molecule has 1 fully saturated rings. The van der Waals surface area contributed by atoms with Gasteiger partial charge in [-0.1, -0.05) is 0 Å². The number of likely N-dealkylation sites (tertiary alicyclic amines) is 1. The molecule has 1 atom stereocenters. The summed E-state index contributed by atoms with van der Waals surface area (Å²) in [4.78, 5) is 42.2. The van der Waals surface area contributed by atoms with Crippen LogP contribution >= 0.6 is 0 Å². The number of ether oxygens (including phenoxy) is 4. The molecule has 1 saturated heterocycles. The summed E-state index contributed by atoms with van der Waals surface area (Å²) in [5.41, 5.74) is 1.17. The number of piperidine rings is 1. The third-order valence-corrected chi connectivity index (χ3v) is 6.35. The standard InChI is InChI=1S/C26H31N3O7/c1-16-26(32)29(15-23(30)28-10-6-5-7-11-28)19-14-18(8-9-20(19)36-16)27-25(31)17-12-21(33-2)24(35-4)22(13-17)34-3/h8-9,12-14,16H,5-7,10-11,15H2,1-4H3,(H,27,31). The van der Waals surface area contributed by atoms with E-state index in [1.807, 2.05) is 0 Å². The SMILES string of the molecule is COc1cc(C(=O)Nc2ccc3c(c2)N(CC(=O)N2CCCCC2)C(=O)C(C)O3)cc(OC)c1OC. The molecule has 2 aliphatic rings. The van der Waals surface area contributed by atoms with E-state index >= 15 is 0 Å². The van der Waals surface area contributed by atoms with Crippen LogP contribution in [0, 0.1) is 0 Å². The van der Waals surface area contributed by atoms with Crippen LogP contribution in [0.15, 0.2) is 30.3 Å². The molecule has 2 aromatic rings. The number of carbonyl (C=O) groups excluding carboxylic acids is 3. The number of carbonyl (C=O) groups is 3. The van der Waals surface area contributed by atoms with Crippen molar-refractivity contribution in [1.82, 2.24) is 4.90 Å². The normalized spacial score (nSPS) is 17.1. The number of nitrogens with zero attached hydrogens (tertiary/aromatic N) is 2. The fraction of sp³-hybridized carbons (Fsp3) is 0.423. The zero-order chi connectivity index (χ0) is 25.8. The molecule has 0 aromatic heterocycles. The molecule has 0 bridgehead atoms. The number of nitrogens with one attached hydrogen (secondary N) is 1. The summed E-state index contributed by atoms with van der Waals surface area (Å²) in [6, 6.07) is 8.10. The van der Waals surface area contributed by atoms with E-state index in [9.17, 15) is 14.4 Å². The Morgan fingerprint density at radius 2 is 1.67 bits per heavy atom. The van der Waals surface area contributed by atoms with E-state index in [4.69, 9.17) is 18.9 Å². The highest BCUT2D eigenvalue weighted by molar-refractivity contribution is 6.07. The van der Waals surface area contributed by atoms with Crippen LogP contribution in [0.25, 0.3) is 0 Å². The van der Waals surface area contributed by atoms with Crippen molar-refractivity contribution in [2.45, 2.75) is 32.3 Å². The highest BCUT2D eigenvalue weighted by Gasteiger charge is 2.34. The number of rotatable bonds is 7. The number of fused-ring (bicyclic) bond motifs is 1. The van der Waals surface area contributed by atoms with Crippen LogP contribution in [0.2, 0.25) is 0 Å². The maximum atomic E-state index is 13.1. The van der Waals surface area contributed by atoms with Gasteiger partial charge in [0.15, 0.2) is 17.6 Å². The van der Waals surface area contributed by atoms with Crippen LogP contribution < -0.4 is 29.2 Å². The molecule has 1 unspecified atom stereocenters. The van der Waals surface area contributed by atoms with Crippen molar-refractivity contribution < 1.29 is 33.3 Å². The third-order valence-electron chi connectivity index (χ3n) is 6.35. The lowest BCUT2D eigenvalue weighted by atomic mass is 10.1. The predicted octanol–water partition coefficient (Wildman–Crippen LogP) is 3.09. The first-order chi connectivity index (χ1) is 17.4. The van der Waals surface area contributed by atoms with Gasteiger partial charge in [-0.15, -0.1) is 0 Å². The number of benzene rings is 2. The van der Waals surface area contributed by atoms with Crippen molar-refractivity contribution in [3.05, 3.63) is 35.9 Å². The lowest BCUT2D eigenvalue weighted by Crippen LogP contribution is -2.50. The fourth-order valence-corrected chi connectivity index (χ4v) is 4.44. The third kappa shape index (κ3) is 5.02. The minimum absolute atomic E-state index is 0.0796. The molecule has 2 heterocycles. The van der Waals surface area contributed by atoms with E-state index in [2.05, 4.69) is 5.32 Å². The molecular weight excluding hydrogens is 466 g/mol. The average Bonchev–Trinajstić information content (AvgIpc) is 2.90. The molecule has 3 amide bonds. The minimum Gasteiger partial charge on any atom is -0.493 e. The Hall–Kier alpha value is -3.95. The monoisotopic (exact) mass is 497 g/mol. The summed E-state index contributed by atoms with van der Waals surface area (Å²) in [5, 5.41) is 2.83. The lowest BCUT2D eigenvalue weighted by molar-refractivity contribution is -0.133. The molecule has 0 radical (unpaired) electrons. The Kier molecular flexibility index (Phi) is 7.52. The van der Waals surface area contributed by atoms with Crippen molar-refractivity contribution in [2.24, 2.45) is 0 Å². The maximum Gasteiger partial charge on any atom is 0.268 e. The molecular formula is C26H31N3O7. The number of hydrogen-bond donors (Lipinski definition) is 1. The van der Waals surface area contributed by atoms with Crippen molar-refractivity contribution in [1.29, 1.82) is 0 Å². The molecule has 10 heteroatoms. The fourth-order valence-electron chi connectivity index (χ4n) is 4.44. The average molecular weight is 498 g/mol. The van der Waals surface area contributed by atoms with Crippen LogP contribution in [-0.2, 0) is 9.59 Å². The Labute approximate surface area is 210 Å². The van der Waals surface area contributed by atoms with Gasteiger partial charge in [0.05, 0.1) is 27.0 Å². The highest BCUT2D eigenvalue weighted by Crippen LogP contribution is 2.39. The van der Waals surface area contributed by atoms with Gasteiger partial charge in [0.2, 0.25) is 11.7 Å². The molecule has 0 saturated carbocycles. The Bertz CT molecular complexity index is 1140. The molecule has 4 rings (SSSR count). The Morgan fingerprint density at radius 1 is 1.00 bits per heavy atom. The first kappa shape index (κ1) is 25.2. The quantitative estimate of drug-likeness (QED) is 0.627. The summed E-state index contributed by atoms with van der Waals surface area (Å²) in [5.74, 6) is 0.728. The number of anilines is 2. The van der Waals surface area contributed by atoms with E-state index < -0.39 is 12.0 Å². The first-order valence-electron chi connectivity index (χ1n) is 11.9. The van der Waals surface area contributed by atoms with Gasteiger partial charge in [0.1, 0.15) is 12.3 Å². The Balaban J connectivity index is 1.59. The molecule has 1 N–H and O–H groups in total. The van der Waals surface area contributed by atoms with Crippen LogP contribution in [0.4, 0.5) is 11.4 Å². The predicted molar refractivity (Wildman–Crippen MR) is 133 cm³/mol. The zero-order valence-corrected chi connectivity index (χ0v) is 21.0. The highest BCUT2D eigenvalue weighted by atomic mass is 16.5. The molecule has 2 aliphatic heterocycles. The van der Waals surface area contributed by atoms with Crippen LogP contribution in [-0.4, -0.2) is 69.7 Å². The molecule has 0 aliphatic carbocycles. The molecule has 10 nitrogen and oxygen atoms in total. The second-order valence-corrected chi connectivity index (χ2v) is 8.68.